The molecule has 0 heterocycles. The molecular weight excluding hydrogens is 853 g/mol. The maximum atomic E-state index is 14.3. The van der Waals surface area contributed by atoms with Gasteiger partial charge in [-0.1, -0.05) is 20.8 Å². The Bertz CT molecular complexity index is 2500. The second-order valence-corrected chi connectivity index (χ2v) is 25.0. The number of phenolic OH excluding ortho intramolecular Hbond substituents is 3. The number of rotatable bonds is 7. The Morgan fingerprint density at radius 1 is 0.574 bits per heavy atom. The van der Waals surface area contributed by atoms with Crippen molar-refractivity contribution in [3.63, 3.8) is 0 Å². The van der Waals surface area contributed by atoms with Gasteiger partial charge in [-0.25, -0.2) is 0 Å². The van der Waals surface area contributed by atoms with Crippen LogP contribution in [0.5, 0.6) is 23.0 Å². The van der Waals surface area contributed by atoms with Gasteiger partial charge in [-0.05, 0) is 261 Å². The predicted octanol–water partition coefficient (Wildman–Crippen LogP) is 10.3. The number of ether oxygens (including phenoxy) is 1. The highest BCUT2D eigenvalue weighted by atomic mass is 16.5. The summed E-state index contributed by atoms with van der Waals surface area (Å²) in [5.74, 6) is 3.36. The molecule has 3 aromatic rings. The summed E-state index contributed by atoms with van der Waals surface area (Å²) in [6.45, 7) is 6.75. The zero-order valence-corrected chi connectivity index (χ0v) is 40.6. The maximum absolute atomic E-state index is 14.3. The van der Waals surface area contributed by atoms with Crippen LogP contribution in [-0.4, -0.2) is 66.1 Å². The molecule has 12 rings (SSSR count). The molecule has 0 radical (unpaired) electrons. The first-order valence-corrected chi connectivity index (χ1v) is 27.1. The number of carbonyl (C=O) groups is 1. The summed E-state index contributed by atoms with van der Waals surface area (Å²) >= 11 is 0. The summed E-state index contributed by atoms with van der Waals surface area (Å²) in [5.41, 5.74) is 8.77. The van der Waals surface area contributed by atoms with E-state index < -0.39 is 12.2 Å². The molecule has 3 aromatic carbocycles. The average molecular weight is 929 g/mol. The molecule has 0 saturated heterocycles. The van der Waals surface area contributed by atoms with Crippen LogP contribution in [0.1, 0.15) is 198 Å². The standard InChI is InChI=1S/C59H76O9/c1-57-20-17-40-37(45(57)13-15-50(57)64)10-7-30-23-33(60)26-43(53(30)40)36(44-27-34(61)24-31-8-12-39-41(54(31)44)19-22-59(3)47(39)29-48(63)56(59)67)5-4-6-52(66)68-49-28-35(62)25-32-9-11-38-42(55(32)49)18-21-58(2)46(38)14-16-51(58)65/h23-28,36-42,45-48,50-51,56,60-65,67H,4-22,29H2,1-3H3/t36?,37-,38-,39-,40+,41+,42+,45+,46+,47+,48-,50-,51-,56+,57+,58+,59+/m1/s1. The molecule has 9 nitrogen and oxygen atoms in total. The SMILES string of the molecule is C[C@]12CC[C@@H]3c4c(cc(O)cc4OC(=O)CCCC(c4cc(O)cc5c4[C@H]4CC[C@]6(C)[C@H](O)CC[C@H]6[C@@H]4CC5)c4cc(O)cc5c4[C@H]4CC[C@]6(C)[C@@H](O)[C@H](O)C[C@H]6[C@@H]4CC5)CC[C@H]3[C@@H]1CC[C@H]2O. The molecule has 6 saturated carbocycles. The van der Waals surface area contributed by atoms with Gasteiger partial charge in [0.25, 0.3) is 0 Å². The van der Waals surface area contributed by atoms with E-state index in [2.05, 4.69) is 20.8 Å². The lowest BCUT2D eigenvalue weighted by Crippen LogP contribution is -2.45. The van der Waals surface area contributed by atoms with Crippen LogP contribution in [0.3, 0.4) is 0 Å². The second kappa shape index (κ2) is 16.5. The molecule has 0 aromatic heterocycles. The molecule has 17 atom stereocenters. The maximum Gasteiger partial charge on any atom is 0.311 e. The van der Waals surface area contributed by atoms with Crippen LogP contribution in [0.4, 0.5) is 0 Å². The number of aliphatic hydroxyl groups is 4. The van der Waals surface area contributed by atoms with Gasteiger partial charge in [0.2, 0.25) is 0 Å². The largest absolute Gasteiger partial charge is 0.508 e. The lowest BCUT2D eigenvalue weighted by Gasteiger charge is -2.51. The molecular formula is C59H76O9. The number of hydrogen-bond acceptors (Lipinski definition) is 9. The number of esters is 1. The van der Waals surface area contributed by atoms with Crippen molar-refractivity contribution >= 4 is 5.97 Å². The number of hydrogen-bond donors (Lipinski definition) is 7. The van der Waals surface area contributed by atoms with Crippen molar-refractivity contribution in [3.8, 4) is 23.0 Å². The Labute approximate surface area is 402 Å². The quantitative estimate of drug-likeness (QED) is 0.0901. The molecule has 7 N–H and O–H groups in total. The van der Waals surface area contributed by atoms with Gasteiger partial charge >= 0.3 is 5.97 Å². The Morgan fingerprint density at radius 3 is 1.56 bits per heavy atom. The highest BCUT2D eigenvalue weighted by Gasteiger charge is 2.59. The van der Waals surface area contributed by atoms with Crippen molar-refractivity contribution in [1.82, 2.24) is 0 Å². The lowest BCUT2D eigenvalue weighted by atomic mass is 9.53. The van der Waals surface area contributed by atoms with Crippen molar-refractivity contribution < 1.29 is 45.3 Å². The topological polar surface area (TPSA) is 168 Å². The third-order valence-electron chi connectivity index (χ3n) is 22.2. The van der Waals surface area contributed by atoms with Crippen LogP contribution >= 0.6 is 0 Å². The number of aliphatic hydroxyl groups excluding tert-OH is 4. The second-order valence-electron chi connectivity index (χ2n) is 25.0. The van der Waals surface area contributed by atoms with Crippen LogP contribution in [0, 0.1) is 51.8 Å². The molecule has 0 amide bonds. The summed E-state index contributed by atoms with van der Waals surface area (Å²) in [6, 6.07) is 11.4. The van der Waals surface area contributed by atoms with E-state index in [1.54, 1.807) is 6.07 Å². The smallest absolute Gasteiger partial charge is 0.311 e. The minimum Gasteiger partial charge on any atom is -0.508 e. The van der Waals surface area contributed by atoms with Crippen LogP contribution in [0.2, 0.25) is 0 Å². The van der Waals surface area contributed by atoms with E-state index in [4.69, 9.17) is 4.74 Å². The fraction of sp³-hybridized carbons (Fsp3) is 0.678. The number of aryl methyl sites for hydroxylation is 3. The highest BCUT2D eigenvalue weighted by molar-refractivity contribution is 5.73. The molecule has 9 heteroatoms. The van der Waals surface area contributed by atoms with E-state index in [0.29, 0.717) is 48.7 Å². The lowest BCUT2D eigenvalue weighted by molar-refractivity contribution is -0.134. The van der Waals surface area contributed by atoms with Gasteiger partial charge in [-0.15, -0.1) is 0 Å². The van der Waals surface area contributed by atoms with Crippen molar-refractivity contribution in [3.05, 3.63) is 80.9 Å². The molecule has 9 aliphatic rings. The molecule has 366 valence electrons. The van der Waals surface area contributed by atoms with E-state index in [1.165, 1.54) is 16.7 Å². The van der Waals surface area contributed by atoms with Crippen molar-refractivity contribution in [1.29, 1.82) is 0 Å². The van der Waals surface area contributed by atoms with E-state index in [0.717, 1.165) is 131 Å². The fourth-order valence-electron chi connectivity index (χ4n) is 18.9. The zero-order chi connectivity index (χ0) is 47.2. The molecule has 68 heavy (non-hydrogen) atoms. The Morgan fingerprint density at radius 2 is 1.03 bits per heavy atom. The van der Waals surface area contributed by atoms with Crippen LogP contribution in [-0.2, 0) is 24.1 Å². The van der Waals surface area contributed by atoms with Gasteiger partial charge in [-0.2, -0.15) is 0 Å². The van der Waals surface area contributed by atoms with Gasteiger partial charge in [0, 0.05) is 24.0 Å². The number of aromatic hydroxyl groups is 3. The Hall–Kier alpha value is -3.63. The van der Waals surface area contributed by atoms with Crippen molar-refractivity contribution in [2.45, 2.75) is 197 Å². The molecule has 6 fully saturated rings. The first-order chi connectivity index (χ1) is 32.6. The number of carbonyl (C=O) groups excluding carboxylic acids is 1. The van der Waals surface area contributed by atoms with E-state index in [9.17, 15) is 40.5 Å². The minimum absolute atomic E-state index is 0.0794. The van der Waals surface area contributed by atoms with Gasteiger partial charge in [0.1, 0.15) is 23.0 Å². The molecule has 0 bridgehead atoms. The van der Waals surface area contributed by atoms with E-state index in [-0.39, 0.29) is 93.6 Å². The van der Waals surface area contributed by atoms with Crippen LogP contribution in [0.25, 0.3) is 0 Å². The third kappa shape index (κ3) is 6.84. The fourth-order valence-corrected chi connectivity index (χ4v) is 18.9. The van der Waals surface area contributed by atoms with Gasteiger partial charge in [0.15, 0.2) is 0 Å². The van der Waals surface area contributed by atoms with Crippen LogP contribution in [0.15, 0.2) is 36.4 Å². The summed E-state index contributed by atoms with van der Waals surface area (Å²) < 4.78 is 6.39. The molecule has 0 spiro atoms. The third-order valence-corrected chi connectivity index (χ3v) is 22.2. The normalized spacial score (nSPS) is 41.1. The summed E-state index contributed by atoms with van der Waals surface area (Å²) in [5, 5.41) is 79.0. The minimum atomic E-state index is -0.738. The Balaban J connectivity index is 0.893. The zero-order valence-electron chi connectivity index (χ0n) is 40.6. The summed E-state index contributed by atoms with van der Waals surface area (Å²) in [6.07, 6.45) is 14.5. The summed E-state index contributed by atoms with van der Waals surface area (Å²) in [7, 11) is 0. The van der Waals surface area contributed by atoms with Crippen molar-refractivity contribution in [2.75, 3.05) is 0 Å². The molecule has 1 unspecified atom stereocenters. The summed E-state index contributed by atoms with van der Waals surface area (Å²) in [4.78, 5) is 14.3. The number of phenols is 3. The monoisotopic (exact) mass is 929 g/mol. The predicted molar refractivity (Wildman–Crippen MR) is 259 cm³/mol. The van der Waals surface area contributed by atoms with Crippen molar-refractivity contribution in [2.24, 2.45) is 51.8 Å². The number of benzene rings is 3. The highest BCUT2D eigenvalue weighted by Crippen LogP contribution is 2.66. The number of fused-ring (bicyclic) bond motifs is 15. The van der Waals surface area contributed by atoms with E-state index in [1.807, 2.05) is 30.3 Å². The molecule has 9 aliphatic carbocycles. The molecule has 0 aliphatic heterocycles. The Kier molecular flexibility index (Phi) is 11.0. The van der Waals surface area contributed by atoms with Gasteiger partial charge < -0.3 is 40.5 Å². The first-order valence-electron chi connectivity index (χ1n) is 27.1. The van der Waals surface area contributed by atoms with Crippen LogP contribution < -0.4 is 4.74 Å². The first kappa shape index (κ1) is 45.5. The van der Waals surface area contributed by atoms with Gasteiger partial charge in [0.05, 0.1) is 24.4 Å². The average Bonchev–Trinajstić information content (AvgIpc) is 3.88. The van der Waals surface area contributed by atoms with Gasteiger partial charge in [-0.3, -0.25) is 4.79 Å². The van der Waals surface area contributed by atoms with E-state index >= 15 is 0 Å².